The van der Waals surface area contributed by atoms with Crippen LogP contribution in [-0.4, -0.2) is 23.1 Å². The van der Waals surface area contributed by atoms with Crippen LogP contribution in [0.1, 0.15) is 35.6 Å². The Labute approximate surface area is 175 Å². The van der Waals surface area contributed by atoms with Gasteiger partial charge in [0.2, 0.25) is 0 Å². The minimum absolute atomic E-state index is 0.122. The van der Waals surface area contributed by atoms with Gasteiger partial charge in [0.25, 0.3) is 5.91 Å². The molecule has 1 aliphatic rings. The monoisotopic (exact) mass is 401 g/mol. The molecule has 0 unspecified atom stereocenters. The highest BCUT2D eigenvalue weighted by molar-refractivity contribution is 5.98. The Morgan fingerprint density at radius 1 is 0.900 bits per heavy atom. The van der Waals surface area contributed by atoms with Gasteiger partial charge in [-0.1, -0.05) is 78.9 Å². The zero-order valence-electron chi connectivity index (χ0n) is 16.5. The van der Waals surface area contributed by atoms with Gasteiger partial charge in [0.1, 0.15) is 12.2 Å². The molecule has 152 valence electrons. The number of ether oxygens (including phenoxy) is 1. The number of carbonyl (C=O) groups excluding carboxylic acids is 1. The second-order valence-corrected chi connectivity index (χ2v) is 7.32. The first-order chi connectivity index (χ1) is 14.6. The average molecular weight is 401 g/mol. The van der Waals surface area contributed by atoms with Crippen molar-refractivity contribution >= 4 is 17.6 Å². The number of benzene rings is 3. The molecule has 5 nitrogen and oxygen atoms in total. The van der Waals surface area contributed by atoms with Gasteiger partial charge in [-0.25, -0.2) is 0 Å². The molecule has 0 saturated heterocycles. The zero-order valence-corrected chi connectivity index (χ0v) is 16.5. The van der Waals surface area contributed by atoms with E-state index in [1.807, 2.05) is 84.9 Å². The first-order valence-corrected chi connectivity index (χ1v) is 10.00. The minimum atomic E-state index is -0.945. The number of nitrogens with zero attached hydrogens (tertiary/aromatic N) is 1. The van der Waals surface area contributed by atoms with Crippen molar-refractivity contribution in [3.05, 3.63) is 102 Å². The molecule has 0 spiro atoms. The highest BCUT2D eigenvalue weighted by Crippen LogP contribution is 2.39. The predicted octanol–water partition coefficient (Wildman–Crippen LogP) is 4.57. The Balaban J connectivity index is 1.79. The molecule has 30 heavy (non-hydrogen) atoms. The largest absolute Gasteiger partial charge is 0.481 e. The smallest absolute Gasteiger partial charge is 0.303 e. The van der Waals surface area contributed by atoms with Gasteiger partial charge in [0.05, 0.1) is 12.2 Å². The molecule has 0 saturated carbocycles. The fourth-order valence-corrected chi connectivity index (χ4v) is 3.80. The molecule has 4 rings (SSSR count). The van der Waals surface area contributed by atoms with E-state index in [0.29, 0.717) is 6.54 Å². The third kappa shape index (κ3) is 4.26. The Kier molecular flexibility index (Phi) is 5.91. The number of carboxylic acids is 1. The van der Waals surface area contributed by atoms with E-state index in [2.05, 4.69) is 0 Å². The molecule has 1 amide bonds. The number of aliphatic carboxylic acids is 1. The Morgan fingerprint density at radius 2 is 1.53 bits per heavy atom. The Bertz CT molecular complexity index is 1020. The van der Waals surface area contributed by atoms with Crippen molar-refractivity contribution in [1.29, 1.82) is 0 Å². The van der Waals surface area contributed by atoms with Gasteiger partial charge in [-0.15, -0.1) is 0 Å². The molecule has 0 fully saturated rings. The predicted molar refractivity (Wildman–Crippen MR) is 114 cm³/mol. The summed E-state index contributed by atoms with van der Waals surface area (Å²) < 4.78 is 6.30. The molecular weight excluding hydrogens is 378 g/mol. The molecule has 5 heteroatoms. The third-order valence-electron chi connectivity index (χ3n) is 5.26. The SMILES string of the molecule is O=C(O)CC[C@@H]1O[C@H](c2ccccc2)c2ccccc2N(Cc2ccccc2)C1=O. The molecule has 3 aromatic carbocycles. The van der Waals surface area contributed by atoms with Gasteiger partial charge >= 0.3 is 5.97 Å². The first kappa shape index (κ1) is 19.9. The van der Waals surface area contributed by atoms with Crippen molar-refractivity contribution in [2.75, 3.05) is 4.90 Å². The first-order valence-electron chi connectivity index (χ1n) is 10.00. The van der Waals surface area contributed by atoms with Gasteiger partial charge in [0, 0.05) is 12.0 Å². The quantitative estimate of drug-likeness (QED) is 0.657. The van der Waals surface area contributed by atoms with Crippen LogP contribution >= 0.6 is 0 Å². The number of hydrogen-bond donors (Lipinski definition) is 1. The Morgan fingerprint density at radius 3 is 2.23 bits per heavy atom. The number of anilines is 1. The van der Waals surface area contributed by atoms with Crippen LogP contribution in [0.5, 0.6) is 0 Å². The average Bonchev–Trinajstić information content (AvgIpc) is 2.89. The van der Waals surface area contributed by atoms with Gasteiger partial charge in [-0.3, -0.25) is 9.59 Å². The van der Waals surface area contributed by atoms with Crippen LogP contribution in [0.3, 0.4) is 0 Å². The molecule has 0 aliphatic carbocycles. The number of rotatable bonds is 6. The summed E-state index contributed by atoms with van der Waals surface area (Å²) in [6, 6.07) is 27.2. The maximum atomic E-state index is 13.5. The van der Waals surface area contributed by atoms with Crippen molar-refractivity contribution in [1.82, 2.24) is 0 Å². The number of carbonyl (C=O) groups is 2. The van der Waals surface area contributed by atoms with Crippen LogP contribution in [0.2, 0.25) is 0 Å². The second kappa shape index (κ2) is 8.93. The summed E-state index contributed by atoms with van der Waals surface area (Å²) >= 11 is 0. The molecule has 3 aromatic rings. The van der Waals surface area contributed by atoms with E-state index in [1.165, 1.54) is 0 Å². The van der Waals surface area contributed by atoms with E-state index in [1.54, 1.807) is 4.90 Å². The molecule has 0 bridgehead atoms. The number of hydrogen-bond acceptors (Lipinski definition) is 3. The lowest BCUT2D eigenvalue weighted by Gasteiger charge is -2.25. The van der Waals surface area contributed by atoms with Crippen LogP contribution in [0.25, 0.3) is 0 Å². The fourth-order valence-electron chi connectivity index (χ4n) is 3.80. The van der Waals surface area contributed by atoms with Crippen molar-refractivity contribution < 1.29 is 19.4 Å². The number of fused-ring (bicyclic) bond motifs is 1. The van der Waals surface area contributed by atoms with Gasteiger partial charge in [0.15, 0.2) is 0 Å². The van der Waals surface area contributed by atoms with E-state index in [4.69, 9.17) is 4.74 Å². The minimum Gasteiger partial charge on any atom is -0.481 e. The zero-order chi connectivity index (χ0) is 20.9. The van der Waals surface area contributed by atoms with E-state index < -0.39 is 18.2 Å². The lowest BCUT2D eigenvalue weighted by molar-refractivity contribution is -0.139. The summed E-state index contributed by atoms with van der Waals surface area (Å²) in [5, 5.41) is 9.18. The van der Waals surface area contributed by atoms with Crippen molar-refractivity contribution in [3.8, 4) is 0 Å². The molecule has 1 aliphatic heterocycles. The summed E-state index contributed by atoms with van der Waals surface area (Å²) in [6.45, 7) is 0.394. The van der Waals surface area contributed by atoms with Crippen LogP contribution < -0.4 is 4.90 Å². The maximum Gasteiger partial charge on any atom is 0.303 e. The van der Waals surface area contributed by atoms with Gasteiger partial charge < -0.3 is 14.7 Å². The van der Waals surface area contributed by atoms with Gasteiger partial charge in [-0.2, -0.15) is 0 Å². The highest BCUT2D eigenvalue weighted by atomic mass is 16.5. The molecule has 1 N–H and O–H groups in total. The van der Waals surface area contributed by atoms with Crippen LogP contribution in [-0.2, 0) is 20.9 Å². The third-order valence-corrected chi connectivity index (χ3v) is 5.26. The summed E-state index contributed by atoms with van der Waals surface area (Å²) in [6.07, 6.45) is -1.31. The van der Waals surface area contributed by atoms with Crippen molar-refractivity contribution in [2.24, 2.45) is 0 Å². The molecule has 0 radical (unpaired) electrons. The maximum absolute atomic E-state index is 13.5. The molecular formula is C25H23NO4. The topological polar surface area (TPSA) is 66.8 Å². The van der Waals surface area contributed by atoms with Crippen molar-refractivity contribution in [3.63, 3.8) is 0 Å². The second-order valence-electron chi connectivity index (χ2n) is 7.32. The van der Waals surface area contributed by atoms with Crippen LogP contribution in [0, 0.1) is 0 Å². The number of carboxylic acid groups (broad SMARTS) is 1. The van der Waals surface area contributed by atoms with Crippen molar-refractivity contribution in [2.45, 2.75) is 31.6 Å². The fraction of sp³-hybridized carbons (Fsp3) is 0.200. The summed E-state index contributed by atoms with van der Waals surface area (Å²) in [4.78, 5) is 26.4. The molecule has 1 heterocycles. The van der Waals surface area contributed by atoms with Crippen LogP contribution in [0.4, 0.5) is 5.69 Å². The molecule has 0 aromatic heterocycles. The van der Waals surface area contributed by atoms with E-state index >= 15 is 0 Å². The highest BCUT2D eigenvalue weighted by Gasteiger charge is 2.36. The number of para-hydroxylation sites is 1. The molecule has 2 atom stereocenters. The summed E-state index contributed by atoms with van der Waals surface area (Å²) in [7, 11) is 0. The van der Waals surface area contributed by atoms with E-state index in [-0.39, 0.29) is 18.7 Å². The lowest BCUT2D eigenvalue weighted by atomic mass is 9.99. The number of amides is 1. The Hall–Kier alpha value is -3.44. The standard InChI is InChI=1S/C25H23NO4/c27-23(28)16-15-22-25(29)26(17-18-9-3-1-4-10-18)21-14-8-7-13-20(21)24(30-22)19-11-5-2-6-12-19/h1-14,22,24H,15-17H2,(H,27,28)/t22-,24+/m0/s1. The van der Waals surface area contributed by atoms with Crippen LogP contribution in [0.15, 0.2) is 84.9 Å². The summed E-state index contributed by atoms with van der Waals surface area (Å²) in [5.74, 6) is -1.16. The van der Waals surface area contributed by atoms with E-state index in [0.717, 1.165) is 22.4 Å². The normalized spacial score (nSPS) is 18.5. The lowest BCUT2D eigenvalue weighted by Crippen LogP contribution is -2.39. The van der Waals surface area contributed by atoms with E-state index in [9.17, 15) is 14.7 Å². The van der Waals surface area contributed by atoms with Gasteiger partial charge in [-0.05, 0) is 23.6 Å². The summed E-state index contributed by atoms with van der Waals surface area (Å²) in [5.41, 5.74) is 3.61.